The number of methoxy groups -OCH3 is 2. The Bertz CT molecular complexity index is 524. The van der Waals surface area contributed by atoms with Gasteiger partial charge in [-0.05, 0) is 12.5 Å². The van der Waals surface area contributed by atoms with Crippen molar-refractivity contribution in [3.05, 3.63) is 23.9 Å². The number of hydrogen-bond donors (Lipinski definition) is 1. The molecule has 1 aliphatic rings. The highest BCUT2D eigenvalue weighted by atomic mass is 16.5. The van der Waals surface area contributed by atoms with Crippen molar-refractivity contribution >= 4 is 5.96 Å². The fourth-order valence-corrected chi connectivity index (χ4v) is 2.72. The summed E-state index contributed by atoms with van der Waals surface area (Å²) in [6.07, 6.45) is 1.12. The summed E-state index contributed by atoms with van der Waals surface area (Å²) in [5.41, 5.74) is 0.925. The number of rotatable bonds is 8. The van der Waals surface area contributed by atoms with Crippen molar-refractivity contribution in [1.29, 1.82) is 0 Å². The zero-order valence-corrected chi connectivity index (χ0v) is 14.8. The molecule has 1 fully saturated rings. The zero-order valence-electron chi connectivity index (χ0n) is 14.8. The van der Waals surface area contributed by atoms with Gasteiger partial charge in [-0.15, -0.1) is 0 Å². The molecule has 0 aromatic carbocycles. The van der Waals surface area contributed by atoms with Crippen LogP contribution in [0.3, 0.4) is 0 Å². The van der Waals surface area contributed by atoms with Gasteiger partial charge in [-0.2, -0.15) is 0 Å². The molecule has 0 radical (unpaired) electrons. The van der Waals surface area contributed by atoms with E-state index in [1.807, 2.05) is 25.2 Å². The summed E-state index contributed by atoms with van der Waals surface area (Å²) < 4.78 is 15.8. The van der Waals surface area contributed by atoms with E-state index in [1.54, 1.807) is 14.2 Å². The third kappa shape index (κ3) is 5.65. The van der Waals surface area contributed by atoms with Gasteiger partial charge in [0.25, 0.3) is 0 Å². The number of aliphatic imine (C=N–C) groups is 1. The highest BCUT2D eigenvalue weighted by molar-refractivity contribution is 5.80. The normalized spacial score (nSPS) is 18.0. The van der Waals surface area contributed by atoms with Gasteiger partial charge in [-0.3, -0.25) is 4.99 Å². The van der Waals surface area contributed by atoms with E-state index in [0.29, 0.717) is 31.6 Å². The number of ether oxygens (including phenoxy) is 3. The van der Waals surface area contributed by atoms with Gasteiger partial charge in [0, 0.05) is 39.2 Å². The van der Waals surface area contributed by atoms with Gasteiger partial charge in [-0.1, -0.05) is 6.07 Å². The molecule has 0 saturated carbocycles. The molecule has 1 atom stereocenters. The molecular weight excluding hydrogens is 308 g/mol. The molecule has 0 amide bonds. The van der Waals surface area contributed by atoms with Crippen molar-refractivity contribution in [3.8, 4) is 5.88 Å². The van der Waals surface area contributed by atoms with Gasteiger partial charge in [0.05, 0.1) is 39.2 Å². The van der Waals surface area contributed by atoms with Gasteiger partial charge in [0.15, 0.2) is 5.96 Å². The van der Waals surface area contributed by atoms with Crippen LogP contribution in [0.4, 0.5) is 0 Å². The molecule has 134 valence electrons. The molecule has 0 spiro atoms. The van der Waals surface area contributed by atoms with Crippen molar-refractivity contribution in [1.82, 2.24) is 15.2 Å². The average Bonchev–Trinajstić information content (AvgIpc) is 3.08. The molecule has 1 aromatic heterocycles. The van der Waals surface area contributed by atoms with Crippen molar-refractivity contribution in [2.45, 2.75) is 13.0 Å². The van der Waals surface area contributed by atoms with Crippen LogP contribution in [0.15, 0.2) is 23.2 Å². The molecular formula is C17H28N4O3. The third-order valence-electron chi connectivity index (χ3n) is 4.00. The molecule has 1 saturated heterocycles. The van der Waals surface area contributed by atoms with Gasteiger partial charge < -0.3 is 24.4 Å². The average molecular weight is 336 g/mol. The van der Waals surface area contributed by atoms with E-state index in [1.165, 1.54) is 0 Å². The van der Waals surface area contributed by atoms with Crippen molar-refractivity contribution in [2.75, 3.05) is 54.2 Å². The van der Waals surface area contributed by atoms with Crippen LogP contribution >= 0.6 is 0 Å². The molecule has 0 aliphatic carbocycles. The number of likely N-dealkylation sites (tertiary alicyclic amines) is 1. The minimum Gasteiger partial charge on any atom is -0.481 e. The predicted octanol–water partition coefficient (Wildman–Crippen LogP) is 1.15. The highest BCUT2D eigenvalue weighted by Crippen LogP contribution is 2.16. The summed E-state index contributed by atoms with van der Waals surface area (Å²) >= 11 is 0. The Morgan fingerprint density at radius 3 is 3.00 bits per heavy atom. The molecule has 1 aliphatic heterocycles. The SMILES string of the molecule is CN=C(NCc1cccc(OC)n1)N1CCC(COCCOC)C1. The Kier molecular flexibility index (Phi) is 7.77. The summed E-state index contributed by atoms with van der Waals surface area (Å²) in [6, 6.07) is 5.75. The first kappa shape index (κ1) is 18.5. The lowest BCUT2D eigenvalue weighted by Crippen LogP contribution is -2.40. The standard InChI is InChI=1S/C17H28N4O3/c1-18-17(19-11-15-5-4-6-16(20-15)23-3)21-8-7-14(12-21)13-24-10-9-22-2/h4-6,14H,7-13H2,1-3H3,(H,18,19). The third-order valence-corrected chi connectivity index (χ3v) is 4.00. The fraction of sp³-hybridized carbons (Fsp3) is 0.647. The van der Waals surface area contributed by atoms with Crippen molar-refractivity contribution in [3.63, 3.8) is 0 Å². The first-order valence-corrected chi connectivity index (χ1v) is 8.29. The maximum atomic E-state index is 5.64. The second-order valence-electron chi connectivity index (χ2n) is 5.74. The van der Waals surface area contributed by atoms with E-state index in [2.05, 4.69) is 20.2 Å². The van der Waals surface area contributed by atoms with E-state index in [4.69, 9.17) is 14.2 Å². The molecule has 1 aromatic rings. The highest BCUT2D eigenvalue weighted by Gasteiger charge is 2.24. The first-order chi connectivity index (χ1) is 11.8. The monoisotopic (exact) mass is 336 g/mol. The van der Waals surface area contributed by atoms with E-state index in [9.17, 15) is 0 Å². The summed E-state index contributed by atoms with van der Waals surface area (Å²) in [6.45, 7) is 4.64. The molecule has 1 N–H and O–H groups in total. The summed E-state index contributed by atoms with van der Waals surface area (Å²) in [5.74, 6) is 2.06. The first-order valence-electron chi connectivity index (χ1n) is 8.29. The summed E-state index contributed by atoms with van der Waals surface area (Å²) in [7, 11) is 5.12. The minimum absolute atomic E-state index is 0.537. The van der Waals surface area contributed by atoms with Gasteiger partial charge >= 0.3 is 0 Å². The lowest BCUT2D eigenvalue weighted by atomic mass is 10.1. The van der Waals surface area contributed by atoms with Crippen LogP contribution in [0.25, 0.3) is 0 Å². The Hall–Kier alpha value is -1.86. The molecule has 2 rings (SSSR count). The minimum atomic E-state index is 0.537. The van der Waals surface area contributed by atoms with Crippen molar-refractivity contribution < 1.29 is 14.2 Å². The summed E-state index contributed by atoms with van der Waals surface area (Å²) in [4.78, 5) is 11.1. The van der Waals surface area contributed by atoms with Crippen LogP contribution in [-0.4, -0.2) is 70.0 Å². The number of guanidine groups is 1. The number of pyridine rings is 1. The number of nitrogens with one attached hydrogen (secondary N) is 1. The van der Waals surface area contributed by atoms with Crippen molar-refractivity contribution in [2.24, 2.45) is 10.9 Å². The van der Waals surface area contributed by atoms with E-state index in [0.717, 1.165) is 37.8 Å². The van der Waals surface area contributed by atoms with E-state index >= 15 is 0 Å². The zero-order chi connectivity index (χ0) is 17.2. The van der Waals surface area contributed by atoms with Crippen LogP contribution in [0.1, 0.15) is 12.1 Å². The second-order valence-corrected chi connectivity index (χ2v) is 5.74. The smallest absolute Gasteiger partial charge is 0.213 e. The van der Waals surface area contributed by atoms with Crippen LogP contribution in [-0.2, 0) is 16.0 Å². The Balaban J connectivity index is 1.77. The van der Waals surface area contributed by atoms with Crippen LogP contribution in [0, 0.1) is 5.92 Å². The van der Waals surface area contributed by atoms with Gasteiger partial charge in [0.1, 0.15) is 0 Å². The Morgan fingerprint density at radius 2 is 2.25 bits per heavy atom. The summed E-state index contributed by atoms with van der Waals surface area (Å²) in [5, 5.41) is 3.37. The van der Waals surface area contributed by atoms with Crippen LogP contribution < -0.4 is 10.1 Å². The molecule has 7 nitrogen and oxygen atoms in total. The Labute approximate surface area is 144 Å². The molecule has 0 bridgehead atoms. The lowest BCUT2D eigenvalue weighted by molar-refractivity contribution is 0.0536. The number of aromatic nitrogens is 1. The molecule has 24 heavy (non-hydrogen) atoms. The molecule has 1 unspecified atom stereocenters. The number of nitrogens with zero attached hydrogens (tertiary/aromatic N) is 3. The Morgan fingerprint density at radius 1 is 1.38 bits per heavy atom. The second kappa shape index (κ2) is 10.1. The largest absolute Gasteiger partial charge is 0.481 e. The van der Waals surface area contributed by atoms with Gasteiger partial charge in [-0.25, -0.2) is 4.98 Å². The number of hydrogen-bond acceptors (Lipinski definition) is 5. The topological polar surface area (TPSA) is 68.2 Å². The van der Waals surface area contributed by atoms with Crippen LogP contribution in [0.2, 0.25) is 0 Å². The van der Waals surface area contributed by atoms with Crippen LogP contribution in [0.5, 0.6) is 5.88 Å². The lowest BCUT2D eigenvalue weighted by Gasteiger charge is -2.21. The molecule has 7 heteroatoms. The van der Waals surface area contributed by atoms with E-state index in [-0.39, 0.29) is 0 Å². The van der Waals surface area contributed by atoms with Gasteiger partial charge in [0.2, 0.25) is 5.88 Å². The quantitative estimate of drug-likeness (QED) is 0.436. The fourth-order valence-electron chi connectivity index (χ4n) is 2.72. The molecule has 2 heterocycles. The maximum Gasteiger partial charge on any atom is 0.213 e. The maximum absolute atomic E-state index is 5.64. The predicted molar refractivity (Wildman–Crippen MR) is 93.4 cm³/mol. The van der Waals surface area contributed by atoms with E-state index < -0.39 is 0 Å².